The van der Waals surface area contributed by atoms with Gasteiger partial charge in [0.2, 0.25) is 0 Å². The Kier molecular flexibility index (Phi) is 6.80. The minimum absolute atomic E-state index is 0.00744. The predicted octanol–water partition coefficient (Wildman–Crippen LogP) is 0.431. The number of hydrogen-bond acceptors (Lipinski definition) is 7. The van der Waals surface area contributed by atoms with Crippen molar-refractivity contribution in [3.63, 3.8) is 0 Å². The molecule has 0 bridgehead atoms. The lowest BCUT2D eigenvalue weighted by Gasteiger charge is -2.15. The van der Waals surface area contributed by atoms with Gasteiger partial charge in [-0.15, -0.1) is 0 Å². The zero-order valence-electron chi connectivity index (χ0n) is 12.1. The molecule has 1 atom stereocenters. The zero-order chi connectivity index (χ0) is 16.6. The Labute approximate surface area is 128 Å². The van der Waals surface area contributed by atoms with Crippen molar-refractivity contribution in [1.29, 1.82) is 0 Å². The van der Waals surface area contributed by atoms with E-state index in [2.05, 4.69) is 14.2 Å². The maximum Gasteiger partial charge on any atom is 0.408 e. The summed E-state index contributed by atoms with van der Waals surface area (Å²) in [4.78, 5) is 23.1. The van der Waals surface area contributed by atoms with Gasteiger partial charge in [-0.05, 0) is 5.56 Å². The van der Waals surface area contributed by atoms with Crippen LogP contribution in [-0.4, -0.2) is 46.5 Å². The van der Waals surface area contributed by atoms with Gasteiger partial charge in [-0.1, -0.05) is 30.3 Å². The molecule has 0 fully saturated rings. The fraction of sp³-hybridized carbons (Fsp3) is 0.385. The summed E-state index contributed by atoms with van der Waals surface area (Å²) in [5.41, 5.74) is 0.764. The average Bonchev–Trinajstić information content (AvgIpc) is 2.48. The van der Waals surface area contributed by atoms with Gasteiger partial charge in [0.1, 0.15) is 6.61 Å². The van der Waals surface area contributed by atoms with Gasteiger partial charge in [-0.25, -0.2) is 9.59 Å². The van der Waals surface area contributed by atoms with E-state index in [9.17, 15) is 18.0 Å². The van der Waals surface area contributed by atoms with Crippen molar-refractivity contribution in [3.8, 4) is 0 Å². The van der Waals surface area contributed by atoms with Crippen LogP contribution in [-0.2, 0) is 35.2 Å². The molecular formula is C13H17NO7S. The van der Waals surface area contributed by atoms with Crippen molar-refractivity contribution in [2.75, 3.05) is 20.0 Å². The number of ether oxygens (including phenoxy) is 2. The number of amides is 1. The molecule has 1 aromatic rings. The van der Waals surface area contributed by atoms with E-state index >= 15 is 0 Å². The minimum atomic E-state index is -3.75. The van der Waals surface area contributed by atoms with E-state index in [0.29, 0.717) is 0 Å². The number of methoxy groups -OCH3 is 1. The first-order chi connectivity index (χ1) is 10.3. The number of carbonyl (C=O) groups excluding carboxylic acids is 2. The monoisotopic (exact) mass is 331 g/mol. The lowest BCUT2D eigenvalue weighted by atomic mass is 10.2. The van der Waals surface area contributed by atoms with E-state index < -0.39 is 34.8 Å². The summed E-state index contributed by atoms with van der Waals surface area (Å²) in [6, 6.07) is 7.62. The smallest absolute Gasteiger partial charge is 0.408 e. The van der Waals surface area contributed by atoms with Crippen LogP contribution in [0.4, 0.5) is 4.79 Å². The standard InChI is InChI=1S/C13H17NO7S/c1-19-12(15)11(9-21-22(2,17)18)14-13(16)20-8-10-6-4-3-5-7-10/h3-7,11H,8-9H2,1-2H3,(H,14,16)/t11-/m0/s1. The average molecular weight is 331 g/mol. The number of alkyl carbamates (subject to hydrolysis) is 1. The molecule has 0 saturated carbocycles. The topological polar surface area (TPSA) is 108 Å². The molecule has 1 N–H and O–H groups in total. The first kappa shape index (κ1) is 17.9. The Morgan fingerprint density at radius 2 is 1.86 bits per heavy atom. The van der Waals surface area contributed by atoms with Crippen LogP contribution in [0.1, 0.15) is 5.56 Å². The van der Waals surface area contributed by atoms with Crippen LogP contribution in [0.5, 0.6) is 0 Å². The highest BCUT2D eigenvalue weighted by Crippen LogP contribution is 2.01. The molecule has 0 unspecified atom stereocenters. The fourth-order valence-corrected chi connectivity index (χ4v) is 1.79. The summed E-state index contributed by atoms with van der Waals surface area (Å²) < 4.78 is 35.7. The van der Waals surface area contributed by atoms with Gasteiger partial charge in [-0.2, -0.15) is 8.42 Å². The van der Waals surface area contributed by atoms with Crippen molar-refractivity contribution < 1.29 is 31.7 Å². The Balaban J connectivity index is 2.53. The third-order valence-corrected chi connectivity index (χ3v) is 3.00. The van der Waals surface area contributed by atoms with E-state index in [0.717, 1.165) is 18.9 Å². The van der Waals surface area contributed by atoms with Crippen molar-refractivity contribution in [1.82, 2.24) is 5.32 Å². The molecule has 0 radical (unpaired) electrons. The van der Waals surface area contributed by atoms with Gasteiger partial charge < -0.3 is 14.8 Å². The van der Waals surface area contributed by atoms with Crippen molar-refractivity contribution >= 4 is 22.2 Å². The van der Waals surface area contributed by atoms with E-state index in [-0.39, 0.29) is 6.61 Å². The summed E-state index contributed by atoms with van der Waals surface area (Å²) in [5.74, 6) is -0.847. The number of benzene rings is 1. The van der Waals surface area contributed by atoms with E-state index in [1.807, 2.05) is 6.07 Å². The highest BCUT2D eigenvalue weighted by molar-refractivity contribution is 7.85. The SMILES string of the molecule is COC(=O)[C@H](COS(C)(=O)=O)NC(=O)OCc1ccccc1. The summed E-state index contributed by atoms with van der Waals surface area (Å²) in [5, 5.41) is 2.19. The van der Waals surface area contributed by atoms with Crippen molar-refractivity contribution in [3.05, 3.63) is 35.9 Å². The maximum atomic E-state index is 11.6. The van der Waals surface area contributed by atoms with Crippen LogP contribution in [0.2, 0.25) is 0 Å². The van der Waals surface area contributed by atoms with Crippen LogP contribution in [0.15, 0.2) is 30.3 Å². The number of rotatable bonds is 7. The fourth-order valence-electron chi connectivity index (χ4n) is 1.41. The van der Waals surface area contributed by atoms with Crippen LogP contribution in [0.25, 0.3) is 0 Å². The van der Waals surface area contributed by atoms with Crippen molar-refractivity contribution in [2.45, 2.75) is 12.6 Å². The Morgan fingerprint density at radius 3 is 2.41 bits per heavy atom. The van der Waals surface area contributed by atoms with Crippen LogP contribution in [0.3, 0.4) is 0 Å². The third-order valence-electron chi connectivity index (χ3n) is 2.44. The Hall–Kier alpha value is -2.13. The summed E-state index contributed by atoms with van der Waals surface area (Å²) in [6.07, 6.45) is -0.0638. The summed E-state index contributed by atoms with van der Waals surface area (Å²) in [7, 11) is -2.65. The van der Waals surface area contributed by atoms with Crippen molar-refractivity contribution in [2.24, 2.45) is 0 Å². The van der Waals surface area contributed by atoms with Gasteiger partial charge in [-0.3, -0.25) is 4.18 Å². The first-order valence-corrected chi connectivity index (χ1v) is 8.03. The molecular weight excluding hydrogens is 314 g/mol. The normalized spacial score (nSPS) is 12.3. The quantitative estimate of drug-likeness (QED) is 0.570. The number of esters is 1. The molecule has 0 spiro atoms. The van der Waals surface area contributed by atoms with Crippen LogP contribution >= 0.6 is 0 Å². The van der Waals surface area contributed by atoms with E-state index in [1.54, 1.807) is 24.3 Å². The summed E-state index contributed by atoms with van der Waals surface area (Å²) >= 11 is 0. The molecule has 1 aromatic carbocycles. The second-order valence-corrected chi connectivity index (χ2v) is 5.91. The largest absolute Gasteiger partial charge is 0.467 e. The predicted molar refractivity (Wildman–Crippen MR) is 76.4 cm³/mol. The third kappa shape index (κ3) is 7.04. The number of carbonyl (C=O) groups is 2. The highest BCUT2D eigenvalue weighted by atomic mass is 32.2. The summed E-state index contributed by atoms with van der Waals surface area (Å²) in [6.45, 7) is -0.570. The molecule has 0 aliphatic heterocycles. The van der Waals surface area contributed by atoms with Gasteiger partial charge >= 0.3 is 12.1 Å². The molecule has 0 heterocycles. The molecule has 0 aliphatic rings. The zero-order valence-corrected chi connectivity index (χ0v) is 13.0. The Morgan fingerprint density at radius 1 is 1.23 bits per heavy atom. The van der Waals surface area contributed by atoms with Gasteiger partial charge in [0.15, 0.2) is 6.04 Å². The lowest BCUT2D eigenvalue weighted by molar-refractivity contribution is -0.143. The molecule has 8 nitrogen and oxygen atoms in total. The number of nitrogens with one attached hydrogen (secondary N) is 1. The highest BCUT2D eigenvalue weighted by Gasteiger charge is 2.24. The van der Waals surface area contributed by atoms with Crippen LogP contribution < -0.4 is 5.32 Å². The molecule has 0 saturated heterocycles. The molecule has 1 rings (SSSR count). The van der Waals surface area contributed by atoms with E-state index in [4.69, 9.17) is 4.74 Å². The van der Waals surface area contributed by atoms with Gasteiger partial charge in [0, 0.05) is 0 Å². The molecule has 9 heteroatoms. The molecule has 22 heavy (non-hydrogen) atoms. The maximum absolute atomic E-state index is 11.6. The lowest BCUT2D eigenvalue weighted by Crippen LogP contribution is -2.45. The minimum Gasteiger partial charge on any atom is -0.467 e. The molecule has 122 valence electrons. The van der Waals surface area contributed by atoms with E-state index in [1.165, 1.54) is 0 Å². The number of hydrogen-bond donors (Lipinski definition) is 1. The Bertz CT molecular complexity index is 600. The van der Waals surface area contributed by atoms with Gasteiger partial charge in [0.25, 0.3) is 10.1 Å². The first-order valence-electron chi connectivity index (χ1n) is 6.21. The van der Waals surface area contributed by atoms with Gasteiger partial charge in [0.05, 0.1) is 20.0 Å². The molecule has 1 amide bonds. The second-order valence-electron chi connectivity index (χ2n) is 4.27. The molecule has 0 aromatic heterocycles. The molecule has 0 aliphatic carbocycles. The second kappa shape index (κ2) is 8.35. The van der Waals surface area contributed by atoms with Crippen LogP contribution in [0, 0.1) is 0 Å².